The second-order valence-corrected chi connectivity index (χ2v) is 6.77. The van der Waals surface area contributed by atoms with Gasteiger partial charge >= 0.3 is 6.03 Å². The van der Waals surface area contributed by atoms with Crippen molar-refractivity contribution in [1.82, 2.24) is 10.6 Å². The van der Waals surface area contributed by atoms with Crippen molar-refractivity contribution in [2.24, 2.45) is 0 Å². The van der Waals surface area contributed by atoms with Gasteiger partial charge in [-0.15, -0.1) is 0 Å². The fourth-order valence-corrected chi connectivity index (χ4v) is 3.26. The second kappa shape index (κ2) is 8.43. The van der Waals surface area contributed by atoms with Crippen molar-refractivity contribution in [2.45, 2.75) is 18.4 Å². The van der Waals surface area contributed by atoms with Crippen LogP contribution in [0.25, 0.3) is 0 Å². The van der Waals surface area contributed by atoms with Crippen molar-refractivity contribution in [3.05, 3.63) is 58.6 Å². The number of anilines is 1. The maximum absolute atomic E-state index is 14.5. The van der Waals surface area contributed by atoms with Crippen LogP contribution in [-0.2, 0) is 4.79 Å². The van der Waals surface area contributed by atoms with Gasteiger partial charge in [-0.1, -0.05) is 11.6 Å². The minimum atomic E-state index is -0.865. The van der Waals surface area contributed by atoms with Gasteiger partial charge in [0.05, 0.1) is 13.2 Å². The molecule has 1 aliphatic heterocycles. The molecule has 0 bridgehead atoms. The quantitative estimate of drug-likeness (QED) is 0.724. The van der Waals surface area contributed by atoms with Crippen molar-refractivity contribution in [3.8, 4) is 5.75 Å². The van der Waals surface area contributed by atoms with E-state index < -0.39 is 29.6 Å². The maximum Gasteiger partial charge on any atom is 0.319 e. The minimum Gasteiger partial charge on any atom is -0.497 e. The van der Waals surface area contributed by atoms with Gasteiger partial charge in [-0.25, -0.2) is 13.6 Å². The third-order valence-corrected chi connectivity index (χ3v) is 4.74. The van der Waals surface area contributed by atoms with Crippen LogP contribution in [0.1, 0.15) is 17.9 Å². The number of methoxy groups -OCH3 is 1. The van der Waals surface area contributed by atoms with Crippen molar-refractivity contribution in [1.29, 1.82) is 0 Å². The summed E-state index contributed by atoms with van der Waals surface area (Å²) in [5, 5.41) is 8.41. The van der Waals surface area contributed by atoms with E-state index in [1.165, 1.54) is 7.11 Å². The molecule has 0 saturated carbocycles. The fourth-order valence-electron chi connectivity index (χ4n) is 3.14. The van der Waals surface area contributed by atoms with E-state index in [-0.39, 0.29) is 30.2 Å². The third kappa shape index (κ3) is 4.51. The first-order valence-corrected chi connectivity index (χ1v) is 8.88. The zero-order valence-corrected chi connectivity index (χ0v) is 15.6. The molecule has 1 saturated heterocycles. The van der Waals surface area contributed by atoms with E-state index in [0.29, 0.717) is 10.7 Å². The number of ether oxygens (including phenoxy) is 1. The van der Waals surface area contributed by atoms with E-state index in [9.17, 15) is 18.4 Å². The van der Waals surface area contributed by atoms with Crippen LogP contribution in [0, 0.1) is 11.6 Å². The number of carbonyl (C=O) groups is 2. The first-order valence-electron chi connectivity index (χ1n) is 8.50. The molecular formula is C19H18ClF2N3O3. The molecule has 1 heterocycles. The molecule has 3 rings (SSSR count). The second-order valence-electron chi connectivity index (χ2n) is 6.33. The van der Waals surface area contributed by atoms with E-state index in [4.69, 9.17) is 16.3 Å². The number of halogens is 3. The summed E-state index contributed by atoms with van der Waals surface area (Å²) < 4.78 is 33.9. The Labute approximate surface area is 165 Å². The molecule has 1 aliphatic rings. The van der Waals surface area contributed by atoms with Gasteiger partial charge in [-0.05, 0) is 24.3 Å². The van der Waals surface area contributed by atoms with E-state index in [1.54, 1.807) is 24.3 Å². The number of carbonyl (C=O) groups excluding carboxylic acids is 2. The normalized spacial score (nSPS) is 18.9. The topological polar surface area (TPSA) is 79.5 Å². The Morgan fingerprint density at radius 2 is 1.86 bits per heavy atom. The number of piperidine rings is 1. The van der Waals surface area contributed by atoms with Crippen LogP contribution in [0.15, 0.2) is 36.4 Å². The Bertz CT molecular complexity index is 869. The van der Waals surface area contributed by atoms with Gasteiger partial charge in [-0.3, -0.25) is 4.79 Å². The molecule has 3 N–H and O–H groups in total. The van der Waals surface area contributed by atoms with Crippen LogP contribution in [0.3, 0.4) is 0 Å². The van der Waals surface area contributed by atoms with Gasteiger partial charge in [0.1, 0.15) is 17.4 Å². The fraction of sp³-hybridized carbons (Fsp3) is 0.263. The number of benzene rings is 2. The lowest BCUT2D eigenvalue weighted by atomic mass is 9.85. The molecule has 0 unspecified atom stereocenters. The van der Waals surface area contributed by atoms with Crippen LogP contribution in [0.2, 0.25) is 5.02 Å². The van der Waals surface area contributed by atoms with Crippen LogP contribution in [0.4, 0.5) is 19.3 Å². The summed E-state index contributed by atoms with van der Waals surface area (Å²) in [6, 6.07) is 7.29. The Hall–Kier alpha value is -2.87. The molecule has 2 aromatic rings. The van der Waals surface area contributed by atoms with Gasteiger partial charge < -0.3 is 20.7 Å². The number of amides is 3. The number of nitrogens with one attached hydrogen (secondary N) is 3. The molecule has 148 valence electrons. The molecule has 3 amide bonds. The summed E-state index contributed by atoms with van der Waals surface area (Å²) in [6.45, 7) is 0.0441. The van der Waals surface area contributed by atoms with Gasteiger partial charge in [-0.2, -0.15) is 0 Å². The summed E-state index contributed by atoms with van der Waals surface area (Å²) in [6.07, 6.45) is -0.161. The highest BCUT2D eigenvalue weighted by atomic mass is 35.5. The van der Waals surface area contributed by atoms with E-state index >= 15 is 0 Å². The Balaban J connectivity index is 1.80. The molecule has 0 aliphatic carbocycles. The molecule has 0 radical (unpaired) electrons. The zero-order chi connectivity index (χ0) is 20.3. The predicted octanol–water partition coefficient (Wildman–Crippen LogP) is 3.42. The van der Waals surface area contributed by atoms with Crippen molar-refractivity contribution in [2.75, 3.05) is 19.0 Å². The SMILES string of the molecule is COc1cc(F)c([C@H]2CC(=O)NC[C@@H]2NC(=O)Nc2ccc(Cl)cc2)c(F)c1. The highest BCUT2D eigenvalue weighted by Gasteiger charge is 2.35. The molecular weight excluding hydrogens is 392 g/mol. The summed E-state index contributed by atoms with van der Waals surface area (Å²) in [7, 11) is 1.30. The first kappa shape index (κ1) is 19.9. The molecule has 9 heteroatoms. The third-order valence-electron chi connectivity index (χ3n) is 4.49. The average Bonchev–Trinajstić information content (AvgIpc) is 2.65. The molecule has 0 spiro atoms. The van der Waals surface area contributed by atoms with Crippen LogP contribution >= 0.6 is 11.6 Å². The van der Waals surface area contributed by atoms with E-state index in [0.717, 1.165) is 12.1 Å². The zero-order valence-electron chi connectivity index (χ0n) is 14.9. The minimum absolute atomic E-state index is 0.0315. The van der Waals surface area contributed by atoms with E-state index in [2.05, 4.69) is 16.0 Å². The Kier molecular flexibility index (Phi) is 5.99. The highest BCUT2D eigenvalue weighted by Crippen LogP contribution is 2.33. The van der Waals surface area contributed by atoms with Crippen LogP contribution in [-0.4, -0.2) is 31.6 Å². The summed E-state index contributed by atoms with van der Waals surface area (Å²) in [4.78, 5) is 24.1. The standard InChI is InChI=1S/C19H18ClF2N3O3/c1-28-12-6-14(21)18(15(22)7-12)13-8-17(26)23-9-16(13)25-19(27)24-11-4-2-10(20)3-5-11/h2-7,13,16H,8-9H2,1H3,(H,23,26)(H2,24,25,27)/t13-,16-/m0/s1. The highest BCUT2D eigenvalue weighted by molar-refractivity contribution is 6.30. The van der Waals surface area contributed by atoms with Gasteiger partial charge in [0.25, 0.3) is 0 Å². The van der Waals surface area contributed by atoms with Crippen LogP contribution in [0.5, 0.6) is 5.75 Å². The van der Waals surface area contributed by atoms with Crippen molar-refractivity contribution in [3.63, 3.8) is 0 Å². The van der Waals surface area contributed by atoms with Gasteiger partial charge in [0.15, 0.2) is 0 Å². The van der Waals surface area contributed by atoms with Crippen molar-refractivity contribution >= 4 is 29.2 Å². The van der Waals surface area contributed by atoms with E-state index in [1.807, 2.05) is 0 Å². The van der Waals surface area contributed by atoms with Gasteiger partial charge in [0.2, 0.25) is 5.91 Å². The molecule has 1 fully saturated rings. The van der Waals surface area contributed by atoms with Gasteiger partial charge in [0, 0.05) is 47.3 Å². The molecule has 2 aromatic carbocycles. The lowest BCUT2D eigenvalue weighted by molar-refractivity contribution is -0.123. The first-order chi connectivity index (χ1) is 13.4. The van der Waals surface area contributed by atoms with Crippen molar-refractivity contribution < 1.29 is 23.1 Å². The summed E-state index contributed by atoms with van der Waals surface area (Å²) in [5.74, 6) is -2.85. The number of urea groups is 1. The van der Waals surface area contributed by atoms with Crippen LogP contribution < -0.4 is 20.7 Å². The molecule has 0 aromatic heterocycles. The number of rotatable bonds is 4. The lowest BCUT2D eigenvalue weighted by Crippen LogP contribution is -2.53. The molecule has 28 heavy (non-hydrogen) atoms. The maximum atomic E-state index is 14.5. The molecule has 2 atom stereocenters. The monoisotopic (exact) mass is 409 g/mol. The smallest absolute Gasteiger partial charge is 0.319 e. The summed E-state index contributed by atoms with van der Waals surface area (Å²) in [5.41, 5.74) is 0.243. The largest absolute Gasteiger partial charge is 0.497 e. The number of hydrogen-bond donors (Lipinski definition) is 3. The summed E-state index contributed by atoms with van der Waals surface area (Å²) >= 11 is 5.81. The predicted molar refractivity (Wildman–Crippen MR) is 101 cm³/mol. The Morgan fingerprint density at radius 3 is 2.46 bits per heavy atom. The average molecular weight is 410 g/mol. The Morgan fingerprint density at radius 1 is 1.21 bits per heavy atom. The number of hydrogen-bond acceptors (Lipinski definition) is 3. The molecule has 6 nitrogen and oxygen atoms in total. The lowest BCUT2D eigenvalue weighted by Gasteiger charge is -2.33.